The van der Waals surface area contributed by atoms with Crippen molar-refractivity contribution in [3.05, 3.63) is 46.3 Å². The van der Waals surface area contributed by atoms with E-state index in [0.29, 0.717) is 42.1 Å². The quantitative estimate of drug-likeness (QED) is 0.778. The van der Waals surface area contributed by atoms with Gasteiger partial charge in [0.15, 0.2) is 5.43 Å². The van der Waals surface area contributed by atoms with E-state index in [1.807, 2.05) is 43.0 Å². The molecule has 1 amide bonds. The lowest BCUT2D eigenvalue weighted by atomic mass is 9.90. The molecule has 6 nitrogen and oxygen atoms in total. The molecule has 30 heavy (non-hydrogen) atoms. The van der Waals surface area contributed by atoms with Crippen LogP contribution in [-0.4, -0.2) is 54.1 Å². The van der Waals surface area contributed by atoms with E-state index in [-0.39, 0.29) is 29.0 Å². The molecule has 2 saturated heterocycles. The summed E-state index contributed by atoms with van der Waals surface area (Å²) in [6.07, 6.45) is 4.90. The number of carbonyl (C=O) groups excluding carboxylic acids is 1. The molecule has 2 aliphatic heterocycles. The smallest absolute Gasteiger partial charge is 0.226 e. The van der Waals surface area contributed by atoms with E-state index in [2.05, 4.69) is 4.90 Å². The number of fused-ring (bicyclic) bond motifs is 1. The number of ether oxygens (including phenoxy) is 1. The first-order chi connectivity index (χ1) is 14.4. The number of benzene rings is 1. The first-order valence-electron chi connectivity index (χ1n) is 11.1. The van der Waals surface area contributed by atoms with Crippen molar-refractivity contribution in [3.63, 3.8) is 0 Å². The standard InChI is InChI=1S/C24H30N2O4/c1-16-12-26(13-17(2)30-16)23(28)20-11-24(20)7-9-25(10-8-24)14-18-15-29-21-6-4-3-5-19(21)22(18)27/h3-6,15-17,20H,7-14H2,1-2H3/t16-,17+,20?. The van der Waals surface area contributed by atoms with Gasteiger partial charge in [-0.3, -0.25) is 14.5 Å². The molecule has 3 atom stereocenters. The lowest BCUT2D eigenvalue weighted by Crippen LogP contribution is -2.49. The van der Waals surface area contributed by atoms with Crippen molar-refractivity contribution >= 4 is 16.9 Å². The van der Waals surface area contributed by atoms with Crippen molar-refractivity contribution in [2.24, 2.45) is 11.3 Å². The SMILES string of the molecule is C[C@@H]1CN(C(=O)C2CC23CCN(Cc2coc4ccccc4c2=O)CC3)C[C@H](C)O1. The maximum absolute atomic E-state index is 13.1. The molecular formula is C24H30N2O4. The van der Waals surface area contributed by atoms with Crippen molar-refractivity contribution in [1.29, 1.82) is 0 Å². The Bertz CT molecular complexity index is 998. The Balaban J connectivity index is 1.20. The number of hydrogen-bond acceptors (Lipinski definition) is 5. The van der Waals surface area contributed by atoms with Gasteiger partial charge in [-0.15, -0.1) is 0 Å². The van der Waals surface area contributed by atoms with Crippen LogP contribution in [0, 0.1) is 11.3 Å². The van der Waals surface area contributed by atoms with Gasteiger partial charge in [0, 0.05) is 31.1 Å². The fraction of sp³-hybridized carbons (Fsp3) is 0.583. The third-order valence-corrected chi connectivity index (χ3v) is 7.22. The number of likely N-dealkylation sites (tertiary alicyclic amines) is 1. The number of carbonyl (C=O) groups is 1. The molecule has 160 valence electrons. The highest BCUT2D eigenvalue weighted by atomic mass is 16.5. The predicted molar refractivity (Wildman–Crippen MR) is 114 cm³/mol. The van der Waals surface area contributed by atoms with Crippen LogP contribution in [0.5, 0.6) is 0 Å². The van der Waals surface area contributed by atoms with Gasteiger partial charge in [-0.2, -0.15) is 0 Å². The van der Waals surface area contributed by atoms with Crippen LogP contribution in [-0.2, 0) is 16.1 Å². The Kier molecular flexibility index (Phi) is 4.94. The van der Waals surface area contributed by atoms with E-state index in [4.69, 9.17) is 9.15 Å². The van der Waals surface area contributed by atoms with Gasteiger partial charge in [-0.25, -0.2) is 0 Å². The minimum Gasteiger partial charge on any atom is -0.464 e. The Morgan fingerprint density at radius 2 is 1.83 bits per heavy atom. The molecule has 1 spiro atoms. The molecule has 0 N–H and O–H groups in total. The van der Waals surface area contributed by atoms with Crippen LogP contribution in [0.4, 0.5) is 0 Å². The Hall–Kier alpha value is -2.18. The summed E-state index contributed by atoms with van der Waals surface area (Å²) in [5.74, 6) is 0.489. The predicted octanol–water partition coefficient (Wildman–Crippen LogP) is 3.03. The second-order valence-electron chi connectivity index (χ2n) is 9.48. The highest BCUT2D eigenvalue weighted by Crippen LogP contribution is 2.60. The van der Waals surface area contributed by atoms with E-state index >= 15 is 0 Å². The maximum Gasteiger partial charge on any atom is 0.226 e. The zero-order valence-electron chi connectivity index (χ0n) is 17.8. The average molecular weight is 411 g/mol. The van der Waals surface area contributed by atoms with Gasteiger partial charge in [0.2, 0.25) is 5.91 Å². The third kappa shape index (κ3) is 3.56. The molecule has 0 bridgehead atoms. The van der Waals surface area contributed by atoms with E-state index in [0.717, 1.165) is 32.4 Å². The highest BCUT2D eigenvalue weighted by molar-refractivity contribution is 5.83. The first kappa shape index (κ1) is 19.8. The molecule has 1 aliphatic carbocycles. The molecule has 3 heterocycles. The summed E-state index contributed by atoms with van der Waals surface area (Å²) in [5, 5.41) is 0.644. The first-order valence-corrected chi connectivity index (χ1v) is 11.1. The molecule has 6 heteroatoms. The summed E-state index contributed by atoms with van der Waals surface area (Å²) in [7, 11) is 0. The fourth-order valence-electron chi connectivity index (χ4n) is 5.45. The minimum atomic E-state index is 0.0622. The lowest BCUT2D eigenvalue weighted by molar-refractivity contribution is -0.145. The number of rotatable bonds is 3. The van der Waals surface area contributed by atoms with Crippen LogP contribution in [0.15, 0.2) is 39.7 Å². The average Bonchev–Trinajstić information content (AvgIpc) is 3.44. The van der Waals surface area contributed by atoms with E-state index in [9.17, 15) is 9.59 Å². The normalized spacial score (nSPS) is 28.7. The molecule has 2 aromatic rings. The fourth-order valence-corrected chi connectivity index (χ4v) is 5.45. The second kappa shape index (κ2) is 7.50. The summed E-state index contributed by atoms with van der Waals surface area (Å²) < 4.78 is 11.4. The van der Waals surface area contributed by atoms with Crippen molar-refractivity contribution < 1.29 is 13.9 Å². The summed E-state index contributed by atoms with van der Waals surface area (Å²) in [6, 6.07) is 7.39. The molecule has 0 radical (unpaired) electrons. The van der Waals surface area contributed by atoms with Gasteiger partial charge in [0.05, 0.1) is 23.9 Å². The Morgan fingerprint density at radius 1 is 1.13 bits per heavy atom. The number of para-hydroxylation sites is 1. The van der Waals surface area contributed by atoms with Crippen LogP contribution in [0.2, 0.25) is 0 Å². The largest absolute Gasteiger partial charge is 0.464 e. The highest BCUT2D eigenvalue weighted by Gasteiger charge is 2.59. The van der Waals surface area contributed by atoms with Crippen molar-refractivity contribution in [1.82, 2.24) is 9.80 Å². The lowest BCUT2D eigenvalue weighted by Gasteiger charge is -2.37. The van der Waals surface area contributed by atoms with Gasteiger partial charge >= 0.3 is 0 Å². The minimum absolute atomic E-state index is 0.0622. The number of morpholine rings is 1. The molecule has 1 unspecified atom stereocenters. The van der Waals surface area contributed by atoms with Gasteiger partial charge in [0.25, 0.3) is 0 Å². The van der Waals surface area contributed by atoms with Crippen molar-refractivity contribution in [2.75, 3.05) is 26.2 Å². The molecule has 5 rings (SSSR count). The van der Waals surface area contributed by atoms with Crippen LogP contribution in [0.25, 0.3) is 11.0 Å². The monoisotopic (exact) mass is 410 g/mol. The van der Waals surface area contributed by atoms with Crippen molar-refractivity contribution in [3.8, 4) is 0 Å². The molecule has 1 aromatic carbocycles. The summed E-state index contributed by atoms with van der Waals surface area (Å²) in [6.45, 7) is 7.96. The number of hydrogen-bond donors (Lipinski definition) is 0. The van der Waals surface area contributed by atoms with Crippen LogP contribution >= 0.6 is 0 Å². The molecular weight excluding hydrogens is 380 g/mol. The van der Waals surface area contributed by atoms with E-state index in [1.54, 1.807) is 6.26 Å². The summed E-state index contributed by atoms with van der Waals surface area (Å²) in [5.41, 5.74) is 1.58. The Morgan fingerprint density at radius 3 is 2.57 bits per heavy atom. The molecule has 3 fully saturated rings. The van der Waals surface area contributed by atoms with E-state index < -0.39 is 0 Å². The topological polar surface area (TPSA) is 63.0 Å². The van der Waals surface area contributed by atoms with Gasteiger partial charge in [-0.1, -0.05) is 12.1 Å². The number of nitrogens with zero attached hydrogens (tertiary/aromatic N) is 2. The zero-order valence-corrected chi connectivity index (χ0v) is 17.8. The summed E-state index contributed by atoms with van der Waals surface area (Å²) >= 11 is 0. The second-order valence-corrected chi connectivity index (χ2v) is 9.48. The number of piperidine rings is 1. The zero-order chi connectivity index (χ0) is 20.9. The Labute approximate surface area is 176 Å². The molecule has 1 aromatic heterocycles. The molecule has 1 saturated carbocycles. The van der Waals surface area contributed by atoms with Gasteiger partial charge in [0.1, 0.15) is 5.58 Å². The van der Waals surface area contributed by atoms with E-state index in [1.165, 1.54) is 0 Å². The number of amides is 1. The van der Waals surface area contributed by atoms with Crippen LogP contribution in [0.3, 0.4) is 0 Å². The van der Waals surface area contributed by atoms with Crippen molar-refractivity contribution in [2.45, 2.75) is 51.9 Å². The summed E-state index contributed by atoms with van der Waals surface area (Å²) in [4.78, 5) is 30.2. The van der Waals surface area contributed by atoms with Gasteiger partial charge < -0.3 is 14.1 Å². The third-order valence-electron chi connectivity index (χ3n) is 7.22. The molecule has 3 aliphatic rings. The van der Waals surface area contributed by atoms with Gasteiger partial charge in [-0.05, 0) is 63.7 Å². The van der Waals surface area contributed by atoms with Crippen LogP contribution in [0.1, 0.15) is 38.7 Å². The van der Waals surface area contributed by atoms with Crippen LogP contribution < -0.4 is 5.43 Å². The maximum atomic E-state index is 13.1.